The van der Waals surface area contributed by atoms with Gasteiger partial charge in [-0.2, -0.15) is 5.26 Å². The van der Waals surface area contributed by atoms with Gasteiger partial charge in [-0.05, 0) is 41.5 Å². The maximum atomic E-state index is 10.7. The van der Waals surface area contributed by atoms with Crippen LogP contribution in [0, 0.1) is 21.4 Å². The van der Waals surface area contributed by atoms with Crippen LogP contribution in [0.5, 0.6) is 5.75 Å². The minimum Gasteiger partial charge on any atom is -0.490 e. The molecule has 0 aliphatic carbocycles. The second kappa shape index (κ2) is 7.57. The van der Waals surface area contributed by atoms with Crippen LogP contribution in [0.2, 0.25) is 0 Å². The Balaban J connectivity index is 2.29. The average Bonchev–Trinajstić information content (AvgIpc) is 2.58. The fourth-order valence-corrected chi connectivity index (χ4v) is 1.96. The number of benzene rings is 2. The van der Waals surface area contributed by atoms with Gasteiger partial charge in [0.1, 0.15) is 12.4 Å². The number of nitriles is 1. The van der Waals surface area contributed by atoms with Gasteiger partial charge in [-0.15, -0.1) is 0 Å². The fourth-order valence-electron chi connectivity index (χ4n) is 1.96. The Labute approximate surface area is 133 Å². The summed E-state index contributed by atoms with van der Waals surface area (Å²) in [7, 11) is 0. The van der Waals surface area contributed by atoms with E-state index in [4.69, 9.17) is 4.74 Å². The molecule has 0 aromatic heterocycles. The molecule has 5 nitrogen and oxygen atoms in total. The van der Waals surface area contributed by atoms with Crippen LogP contribution in [0.25, 0.3) is 11.6 Å². The highest BCUT2D eigenvalue weighted by Crippen LogP contribution is 2.22. The predicted molar refractivity (Wildman–Crippen MR) is 88.7 cm³/mol. The lowest BCUT2D eigenvalue weighted by atomic mass is 10.0. The first-order valence-corrected chi connectivity index (χ1v) is 6.84. The molecule has 0 aliphatic rings. The molecule has 0 bridgehead atoms. The third kappa shape index (κ3) is 4.29. The van der Waals surface area contributed by atoms with Crippen molar-refractivity contribution >= 4 is 17.3 Å². The van der Waals surface area contributed by atoms with Crippen molar-refractivity contribution in [3.8, 4) is 11.8 Å². The van der Waals surface area contributed by atoms with E-state index in [9.17, 15) is 15.4 Å². The molecule has 0 heterocycles. The zero-order valence-corrected chi connectivity index (χ0v) is 12.3. The van der Waals surface area contributed by atoms with Gasteiger partial charge in [0.25, 0.3) is 5.69 Å². The van der Waals surface area contributed by atoms with Gasteiger partial charge in [0.15, 0.2) is 0 Å². The first kappa shape index (κ1) is 16.0. The Morgan fingerprint density at radius 3 is 2.65 bits per heavy atom. The Hall–Kier alpha value is -3.39. The number of hydrogen-bond donors (Lipinski definition) is 0. The van der Waals surface area contributed by atoms with E-state index in [2.05, 4.69) is 12.6 Å². The SMILES string of the molecule is C=CCOc1cccc(/C=C(\C#N)c2ccc([N+](=O)[O-])cc2)c1. The smallest absolute Gasteiger partial charge is 0.269 e. The number of nitrogens with zero attached hydrogens (tertiary/aromatic N) is 2. The number of rotatable bonds is 6. The molecule has 0 atom stereocenters. The van der Waals surface area contributed by atoms with Gasteiger partial charge in [-0.25, -0.2) is 0 Å². The van der Waals surface area contributed by atoms with E-state index in [-0.39, 0.29) is 5.69 Å². The molecule has 2 aromatic carbocycles. The number of nitro benzene ring substituents is 1. The van der Waals surface area contributed by atoms with Crippen molar-refractivity contribution in [2.75, 3.05) is 6.61 Å². The van der Waals surface area contributed by atoms with Gasteiger partial charge < -0.3 is 4.74 Å². The van der Waals surface area contributed by atoms with Crippen molar-refractivity contribution in [3.05, 3.63) is 82.4 Å². The molecule has 0 spiro atoms. The maximum absolute atomic E-state index is 10.7. The number of hydrogen-bond acceptors (Lipinski definition) is 4. The van der Waals surface area contributed by atoms with Crippen LogP contribution in [0.1, 0.15) is 11.1 Å². The summed E-state index contributed by atoms with van der Waals surface area (Å²) in [6, 6.07) is 15.3. The second-order valence-corrected chi connectivity index (χ2v) is 4.65. The third-order valence-corrected chi connectivity index (χ3v) is 3.05. The summed E-state index contributed by atoms with van der Waals surface area (Å²) in [5.41, 5.74) is 1.84. The average molecular weight is 306 g/mol. The molecule has 0 N–H and O–H groups in total. The first-order valence-electron chi connectivity index (χ1n) is 6.84. The molecule has 0 saturated heterocycles. The Bertz CT molecular complexity index is 787. The molecule has 0 radical (unpaired) electrons. The molecule has 2 aromatic rings. The molecule has 2 rings (SSSR count). The summed E-state index contributed by atoms with van der Waals surface area (Å²) in [6.07, 6.45) is 3.36. The molecule has 0 amide bonds. The first-order chi connectivity index (χ1) is 11.1. The van der Waals surface area contributed by atoms with Crippen molar-refractivity contribution in [1.82, 2.24) is 0 Å². The monoisotopic (exact) mass is 306 g/mol. The highest BCUT2D eigenvalue weighted by atomic mass is 16.6. The summed E-state index contributed by atoms with van der Waals surface area (Å²) in [6.45, 7) is 3.99. The number of ether oxygens (including phenoxy) is 1. The van der Waals surface area contributed by atoms with E-state index in [1.165, 1.54) is 12.1 Å². The summed E-state index contributed by atoms with van der Waals surface area (Å²) in [5.74, 6) is 0.680. The van der Waals surface area contributed by atoms with Crippen LogP contribution in [0.15, 0.2) is 61.2 Å². The van der Waals surface area contributed by atoms with E-state index >= 15 is 0 Å². The summed E-state index contributed by atoms with van der Waals surface area (Å²) in [4.78, 5) is 10.2. The molecule has 114 valence electrons. The predicted octanol–water partition coefficient (Wildman–Crippen LogP) is 4.22. The third-order valence-electron chi connectivity index (χ3n) is 3.05. The van der Waals surface area contributed by atoms with Crippen LogP contribution >= 0.6 is 0 Å². The number of nitro groups is 1. The standard InChI is InChI=1S/C18H14N2O3/c1-2-10-23-18-5-3-4-14(12-18)11-16(13-19)15-6-8-17(9-7-15)20(21)22/h2-9,11-12H,1,10H2/b16-11+. The minimum absolute atomic E-state index is 0.00846. The summed E-state index contributed by atoms with van der Waals surface area (Å²) >= 11 is 0. The maximum Gasteiger partial charge on any atom is 0.269 e. The van der Waals surface area contributed by atoms with Crippen molar-refractivity contribution in [2.45, 2.75) is 0 Å². The van der Waals surface area contributed by atoms with Crippen LogP contribution in [0.3, 0.4) is 0 Å². The van der Waals surface area contributed by atoms with Crippen LogP contribution in [-0.4, -0.2) is 11.5 Å². The van der Waals surface area contributed by atoms with Crippen molar-refractivity contribution in [1.29, 1.82) is 5.26 Å². The van der Waals surface area contributed by atoms with Gasteiger partial charge in [0.2, 0.25) is 0 Å². The van der Waals surface area contributed by atoms with E-state index < -0.39 is 4.92 Å². The number of allylic oxidation sites excluding steroid dienone is 1. The highest BCUT2D eigenvalue weighted by Gasteiger charge is 2.07. The molecule has 23 heavy (non-hydrogen) atoms. The number of non-ortho nitro benzene ring substituents is 1. The minimum atomic E-state index is -0.472. The normalized spacial score (nSPS) is 10.7. The molecular formula is C18H14N2O3. The second-order valence-electron chi connectivity index (χ2n) is 4.65. The molecule has 5 heteroatoms. The lowest BCUT2D eigenvalue weighted by Gasteiger charge is -2.04. The summed E-state index contributed by atoms with van der Waals surface area (Å²) < 4.78 is 5.45. The van der Waals surface area contributed by atoms with Gasteiger partial charge in [0, 0.05) is 12.1 Å². The van der Waals surface area contributed by atoms with Gasteiger partial charge in [-0.3, -0.25) is 10.1 Å². The fraction of sp³-hybridized carbons (Fsp3) is 0.0556. The highest BCUT2D eigenvalue weighted by molar-refractivity contribution is 5.89. The van der Waals surface area contributed by atoms with Crippen LogP contribution in [-0.2, 0) is 0 Å². The van der Waals surface area contributed by atoms with E-state index in [0.717, 1.165) is 5.56 Å². The van der Waals surface area contributed by atoms with E-state index in [1.54, 1.807) is 24.3 Å². The van der Waals surface area contributed by atoms with Crippen LogP contribution in [0.4, 0.5) is 5.69 Å². The van der Waals surface area contributed by atoms with Gasteiger partial charge in [-0.1, -0.05) is 24.8 Å². The van der Waals surface area contributed by atoms with Crippen molar-refractivity contribution < 1.29 is 9.66 Å². The topological polar surface area (TPSA) is 76.2 Å². The Morgan fingerprint density at radius 2 is 2.04 bits per heavy atom. The summed E-state index contributed by atoms with van der Waals surface area (Å²) in [5, 5.41) is 20.0. The molecular weight excluding hydrogens is 292 g/mol. The molecule has 0 aliphatic heterocycles. The zero-order chi connectivity index (χ0) is 16.7. The quantitative estimate of drug-likeness (QED) is 0.263. The van der Waals surface area contributed by atoms with Crippen molar-refractivity contribution in [3.63, 3.8) is 0 Å². The Morgan fingerprint density at radius 1 is 1.30 bits per heavy atom. The van der Waals surface area contributed by atoms with Crippen molar-refractivity contribution in [2.24, 2.45) is 0 Å². The Kier molecular flexibility index (Phi) is 5.26. The van der Waals surface area contributed by atoms with Gasteiger partial charge in [0.05, 0.1) is 16.6 Å². The molecule has 0 fully saturated rings. The molecule has 0 unspecified atom stereocenters. The van der Waals surface area contributed by atoms with E-state index in [1.807, 2.05) is 24.3 Å². The largest absolute Gasteiger partial charge is 0.490 e. The van der Waals surface area contributed by atoms with Gasteiger partial charge >= 0.3 is 0 Å². The van der Waals surface area contributed by atoms with E-state index in [0.29, 0.717) is 23.5 Å². The zero-order valence-electron chi connectivity index (χ0n) is 12.3. The lowest BCUT2D eigenvalue weighted by Crippen LogP contribution is -1.92. The van der Waals surface area contributed by atoms with Crippen LogP contribution < -0.4 is 4.74 Å². The molecule has 0 saturated carbocycles. The lowest BCUT2D eigenvalue weighted by molar-refractivity contribution is -0.384.